The fourth-order valence-corrected chi connectivity index (χ4v) is 5.77. The first-order valence-electron chi connectivity index (χ1n) is 6.66. The lowest BCUT2D eigenvalue weighted by atomic mass is 9.97. The quantitative estimate of drug-likeness (QED) is 0.653. The summed E-state index contributed by atoms with van der Waals surface area (Å²) >= 11 is 5.21. The topological polar surface area (TPSA) is 38.7 Å². The van der Waals surface area contributed by atoms with E-state index in [0.717, 1.165) is 19.9 Å². The van der Waals surface area contributed by atoms with Crippen LogP contribution >= 0.6 is 34.4 Å². The molecule has 1 aliphatic rings. The second-order valence-electron chi connectivity index (χ2n) is 4.93. The van der Waals surface area contributed by atoms with Gasteiger partial charge in [0.05, 0.1) is 0 Å². The fraction of sp³-hybridized carbons (Fsp3) is 0.357. The third-order valence-electron chi connectivity index (χ3n) is 3.50. The van der Waals surface area contributed by atoms with E-state index in [4.69, 9.17) is 0 Å². The van der Waals surface area contributed by atoms with E-state index in [-0.39, 0.29) is 0 Å². The van der Waals surface area contributed by atoms with Crippen LogP contribution in [0.25, 0.3) is 10.2 Å². The normalized spacial score (nSPS) is 14.7. The zero-order valence-electron chi connectivity index (χ0n) is 11.0. The summed E-state index contributed by atoms with van der Waals surface area (Å²) in [5, 5.41) is 4.44. The molecule has 4 rings (SSSR count). The average molecular weight is 319 g/mol. The number of rotatable bonds is 2. The van der Waals surface area contributed by atoms with Gasteiger partial charge in [-0.25, -0.2) is 15.0 Å². The van der Waals surface area contributed by atoms with Gasteiger partial charge in [-0.3, -0.25) is 0 Å². The first-order valence-corrected chi connectivity index (χ1v) is 9.18. The molecule has 6 heteroatoms. The lowest BCUT2D eigenvalue weighted by Crippen LogP contribution is -1.98. The van der Waals surface area contributed by atoms with Gasteiger partial charge in [-0.2, -0.15) is 0 Å². The van der Waals surface area contributed by atoms with Gasteiger partial charge < -0.3 is 0 Å². The number of aromatic nitrogens is 3. The van der Waals surface area contributed by atoms with Crippen molar-refractivity contribution in [3.8, 4) is 0 Å². The van der Waals surface area contributed by atoms with E-state index >= 15 is 0 Å². The minimum Gasteiger partial charge on any atom is -0.235 e. The number of thiazole rings is 1. The summed E-state index contributed by atoms with van der Waals surface area (Å²) in [6.45, 7) is 2.03. The van der Waals surface area contributed by atoms with E-state index in [1.807, 2.05) is 18.3 Å². The molecule has 0 radical (unpaired) electrons. The maximum Gasteiger partial charge on any atom is 0.156 e. The van der Waals surface area contributed by atoms with Crippen LogP contribution in [0.1, 0.15) is 29.0 Å². The van der Waals surface area contributed by atoms with E-state index in [9.17, 15) is 0 Å². The molecular formula is C14H13N3S3. The molecule has 0 fully saturated rings. The number of thiophene rings is 1. The van der Waals surface area contributed by atoms with Crippen molar-refractivity contribution in [3.05, 3.63) is 27.8 Å². The molecular weight excluding hydrogens is 306 g/mol. The SMILES string of the molecule is Cc1csc(Sc2ncnc3sc4c(c23)CCCC4)n1. The van der Waals surface area contributed by atoms with Gasteiger partial charge in [-0.05, 0) is 49.9 Å². The molecule has 3 aromatic heterocycles. The molecule has 0 bridgehead atoms. The molecule has 3 heterocycles. The molecule has 0 amide bonds. The highest BCUT2D eigenvalue weighted by Crippen LogP contribution is 2.41. The number of nitrogens with zero attached hydrogens (tertiary/aromatic N) is 3. The second-order valence-corrected chi connectivity index (χ2v) is 8.10. The Hall–Kier alpha value is -0.980. The fourth-order valence-electron chi connectivity index (χ4n) is 2.60. The van der Waals surface area contributed by atoms with Crippen LogP contribution in [0.2, 0.25) is 0 Å². The van der Waals surface area contributed by atoms with Gasteiger partial charge in [-0.15, -0.1) is 22.7 Å². The Morgan fingerprint density at radius 3 is 2.95 bits per heavy atom. The second kappa shape index (κ2) is 5.09. The Balaban J connectivity index is 1.84. The van der Waals surface area contributed by atoms with Crippen LogP contribution in [-0.2, 0) is 12.8 Å². The Morgan fingerprint density at radius 2 is 2.10 bits per heavy atom. The van der Waals surface area contributed by atoms with E-state index in [2.05, 4.69) is 20.3 Å². The summed E-state index contributed by atoms with van der Waals surface area (Å²) in [4.78, 5) is 16.2. The molecule has 0 aliphatic heterocycles. The lowest BCUT2D eigenvalue weighted by Gasteiger charge is -2.10. The van der Waals surface area contributed by atoms with Crippen LogP contribution in [0.4, 0.5) is 0 Å². The summed E-state index contributed by atoms with van der Waals surface area (Å²) in [5.74, 6) is 0. The summed E-state index contributed by atoms with van der Waals surface area (Å²) in [6.07, 6.45) is 6.66. The molecule has 0 atom stereocenters. The molecule has 0 spiro atoms. The molecule has 0 saturated heterocycles. The molecule has 3 aromatic rings. The van der Waals surface area contributed by atoms with Crippen molar-refractivity contribution in [2.45, 2.75) is 42.0 Å². The van der Waals surface area contributed by atoms with E-state index in [1.54, 1.807) is 29.4 Å². The van der Waals surface area contributed by atoms with Gasteiger partial charge in [0, 0.05) is 21.3 Å². The predicted octanol–water partition coefficient (Wildman–Crippen LogP) is 4.49. The van der Waals surface area contributed by atoms with Gasteiger partial charge in [0.1, 0.15) is 16.2 Å². The van der Waals surface area contributed by atoms with Crippen molar-refractivity contribution >= 4 is 44.7 Å². The van der Waals surface area contributed by atoms with Crippen molar-refractivity contribution in [2.24, 2.45) is 0 Å². The van der Waals surface area contributed by atoms with Crippen molar-refractivity contribution in [2.75, 3.05) is 0 Å². The zero-order valence-corrected chi connectivity index (χ0v) is 13.5. The highest BCUT2D eigenvalue weighted by molar-refractivity contribution is 8.01. The summed E-state index contributed by atoms with van der Waals surface area (Å²) in [7, 11) is 0. The Morgan fingerprint density at radius 1 is 1.20 bits per heavy atom. The van der Waals surface area contributed by atoms with Crippen molar-refractivity contribution in [1.29, 1.82) is 0 Å². The Labute approximate surface area is 129 Å². The minimum absolute atomic E-state index is 1.07. The van der Waals surface area contributed by atoms with Gasteiger partial charge >= 0.3 is 0 Å². The first kappa shape index (κ1) is 12.7. The van der Waals surface area contributed by atoms with Crippen LogP contribution in [0.15, 0.2) is 21.1 Å². The zero-order chi connectivity index (χ0) is 13.5. The number of fused-ring (bicyclic) bond motifs is 3. The highest BCUT2D eigenvalue weighted by atomic mass is 32.2. The van der Waals surface area contributed by atoms with Gasteiger partial charge in [0.25, 0.3) is 0 Å². The number of aryl methyl sites for hydroxylation is 3. The van der Waals surface area contributed by atoms with Crippen molar-refractivity contribution in [3.63, 3.8) is 0 Å². The van der Waals surface area contributed by atoms with Crippen molar-refractivity contribution < 1.29 is 0 Å². The third-order valence-corrected chi connectivity index (χ3v) is 6.76. The number of hydrogen-bond donors (Lipinski definition) is 0. The lowest BCUT2D eigenvalue weighted by molar-refractivity contribution is 0.699. The molecule has 0 aromatic carbocycles. The van der Waals surface area contributed by atoms with E-state index < -0.39 is 0 Å². The first-order chi connectivity index (χ1) is 9.81. The largest absolute Gasteiger partial charge is 0.235 e. The predicted molar refractivity (Wildman–Crippen MR) is 85.0 cm³/mol. The highest BCUT2D eigenvalue weighted by Gasteiger charge is 2.20. The molecule has 3 nitrogen and oxygen atoms in total. The van der Waals surface area contributed by atoms with Crippen molar-refractivity contribution in [1.82, 2.24) is 15.0 Å². The summed E-state index contributed by atoms with van der Waals surface area (Å²) in [5.41, 5.74) is 2.57. The van der Waals surface area contributed by atoms with Crippen LogP contribution in [0, 0.1) is 6.92 Å². The van der Waals surface area contributed by atoms with Crippen LogP contribution in [0.5, 0.6) is 0 Å². The molecule has 20 heavy (non-hydrogen) atoms. The molecule has 0 unspecified atom stereocenters. The molecule has 0 saturated carbocycles. The summed E-state index contributed by atoms with van der Waals surface area (Å²) < 4.78 is 1.07. The molecule has 1 aliphatic carbocycles. The summed E-state index contributed by atoms with van der Waals surface area (Å²) in [6, 6.07) is 0. The monoisotopic (exact) mass is 319 g/mol. The minimum atomic E-state index is 1.07. The van der Waals surface area contributed by atoms with Crippen LogP contribution in [0.3, 0.4) is 0 Å². The van der Waals surface area contributed by atoms with E-state index in [0.29, 0.717) is 0 Å². The number of hydrogen-bond acceptors (Lipinski definition) is 6. The maximum atomic E-state index is 4.53. The van der Waals surface area contributed by atoms with Crippen LogP contribution in [-0.4, -0.2) is 15.0 Å². The average Bonchev–Trinajstić information content (AvgIpc) is 3.02. The van der Waals surface area contributed by atoms with Gasteiger partial charge in [-0.1, -0.05) is 0 Å². The van der Waals surface area contributed by atoms with Gasteiger partial charge in [0.2, 0.25) is 0 Å². The van der Waals surface area contributed by atoms with Gasteiger partial charge in [0.15, 0.2) is 4.34 Å². The molecule has 0 N–H and O–H groups in total. The molecule has 102 valence electrons. The smallest absolute Gasteiger partial charge is 0.156 e. The van der Waals surface area contributed by atoms with E-state index in [1.165, 1.54) is 41.5 Å². The van der Waals surface area contributed by atoms with Crippen LogP contribution < -0.4 is 0 Å². The Bertz CT molecular complexity index is 775. The Kier molecular flexibility index (Phi) is 3.24. The maximum absolute atomic E-state index is 4.53. The standard InChI is InChI=1S/C14H13N3S3/c1-8-6-18-14(17-8)20-13-11-9-4-2-3-5-10(9)19-12(11)15-7-16-13/h6-7H,2-5H2,1H3. The third kappa shape index (κ3) is 2.16.